The van der Waals surface area contributed by atoms with Gasteiger partial charge >= 0.3 is 0 Å². The summed E-state index contributed by atoms with van der Waals surface area (Å²) in [4.78, 5) is 12.1. The first kappa shape index (κ1) is 16.0. The number of nitrogens with one attached hydrogen (secondary N) is 2. The molecule has 1 aromatic rings. The minimum absolute atomic E-state index is 0.105. The summed E-state index contributed by atoms with van der Waals surface area (Å²) >= 11 is 0. The number of carbonyl (C=O) groups is 1. The van der Waals surface area contributed by atoms with Gasteiger partial charge in [0.2, 0.25) is 5.91 Å². The van der Waals surface area contributed by atoms with Crippen molar-refractivity contribution in [2.45, 2.75) is 51.8 Å². The summed E-state index contributed by atoms with van der Waals surface area (Å²) in [6, 6.07) is 8.20. The number of hydrogen-bond donors (Lipinski definition) is 2. The zero-order valence-electron chi connectivity index (χ0n) is 13.0. The van der Waals surface area contributed by atoms with Crippen LogP contribution in [0.3, 0.4) is 0 Å². The molecule has 0 fully saturated rings. The summed E-state index contributed by atoms with van der Waals surface area (Å²) in [5, 5.41) is 6.32. The van der Waals surface area contributed by atoms with Crippen LogP contribution in [-0.4, -0.2) is 31.2 Å². The predicted octanol–water partition coefficient (Wildman–Crippen LogP) is 2.02. The third-order valence-electron chi connectivity index (χ3n) is 3.72. The number of unbranched alkanes of at least 4 members (excludes halogenated alkanes) is 1. The minimum atomic E-state index is -0.105. The molecule has 1 amide bonds. The van der Waals surface area contributed by atoms with Gasteiger partial charge in [-0.15, -0.1) is 0 Å². The van der Waals surface area contributed by atoms with Gasteiger partial charge in [0.15, 0.2) is 0 Å². The maximum Gasteiger partial charge on any atom is 0.237 e. The van der Waals surface area contributed by atoms with Crippen LogP contribution in [0.2, 0.25) is 0 Å². The molecular formula is C17H26N2O2. The van der Waals surface area contributed by atoms with Crippen LogP contribution in [0.15, 0.2) is 24.3 Å². The van der Waals surface area contributed by atoms with Crippen LogP contribution in [0, 0.1) is 0 Å². The van der Waals surface area contributed by atoms with Gasteiger partial charge in [-0.3, -0.25) is 4.79 Å². The molecule has 4 heteroatoms. The Bertz CT molecular complexity index is 460. The van der Waals surface area contributed by atoms with Crippen molar-refractivity contribution < 1.29 is 9.53 Å². The van der Waals surface area contributed by atoms with Crippen LogP contribution in [0.1, 0.15) is 37.8 Å². The van der Waals surface area contributed by atoms with Crippen molar-refractivity contribution in [1.82, 2.24) is 10.6 Å². The van der Waals surface area contributed by atoms with Gasteiger partial charge in [-0.25, -0.2) is 0 Å². The smallest absolute Gasteiger partial charge is 0.237 e. The molecule has 1 aliphatic rings. The number of hydrogen-bond acceptors (Lipinski definition) is 3. The zero-order valence-corrected chi connectivity index (χ0v) is 13.0. The first-order chi connectivity index (χ1) is 10.2. The quantitative estimate of drug-likeness (QED) is 0.755. The lowest BCUT2D eigenvalue weighted by Gasteiger charge is -2.25. The zero-order chi connectivity index (χ0) is 15.1. The first-order valence-electron chi connectivity index (χ1n) is 7.86. The van der Waals surface area contributed by atoms with Gasteiger partial charge in [0.05, 0.1) is 12.1 Å². The molecule has 0 radical (unpaired) electrons. The maximum absolute atomic E-state index is 12.1. The average Bonchev–Trinajstić information content (AvgIpc) is 2.49. The third kappa shape index (κ3) is 5.14. The maximum atomic E-state index is 12.1. The SMILES string of the molecule is CC(C)OCCCCNC(=O)[C@@H]1Cc2ccccc2CN1. The van der Waals surface area contributed by atoms with E-state index in [2.05, 4.69) is 22.8 Å². The second-order valence-corrected chi connectivity index (χ2v) is 5.82. The molecule has 2 N–H and O–H groups in total. The molecule has 1 aromatic carbocycles. The summed E-state index contributed by atoms with van der Waals surface area (Å²) < 4.78 is 5.48. The summed E-state index contributed by atoms with van der Waals surface area (Å²) in [5.74, 6) is 0.106. The molecule has 0 unspecified atom stereocenters. The Kier molecular flexibility index (Phi) is 6.21. The fourth-order valence-electron chi connectivity index (χ4n) is 2.52. The van der Waals surface area contributed by atoms with Crippen molar-refractivity contribution in [2.75, 3.05) is 13.2 Å². The molecule has 1 heterocycles. The molecule has 0 saturated heterocycles. The van der Waals surface area contributed by atoms with Crippen molar-refractivity contribution in [3.63, 3.8) is 0 Å². The lowest BCUT2D eigenvalue weighted by atomic mass is 9.95. The average molecular weight is 290 g/mol. The molecule has 4 nitrogen and oxygen atoms in total. The van der Waals surface area contributed by atoms with Crippen molar-refractivity contribution in [1.29, 1.82) is 0 Å². The Morgan fingerprint density at radius 3 is 2.86 bits per heavy atom. The lowest BCUT2D eigenvalue weighted by molar-refractivity contribution is -0.123. The summed E-state index contributed by atoms with van der Waals surface area (Å²) in [6.07, 6.45) is 3.01. The Balaban J connectivity index is 1.66. The molecule has 2 rings (SSSR count). The highest BCUT2D eigenvalue weighted by Gasteiger charge is 2.23. The predicted molar refractivity (Wildman–Crippen MR) is 84.1 cm³/mol. The van der Waals surface area contributed by atoms with E-state index < -0.39 is 0 Å². The Morgan fingerprint density at radius 2 is 2.10 bits per heavy atom. The van der Waals surface area contributed by atoms with Crippen LogP contribution >= 0.6 is 0 Å². The van der Waals surface area contributed by atoms with Crippen LogP contribution in [-0.2, 0) is 22.5 Å². The Labute approximate surface area is 127 Å². The number of rotatable bonds is 7. The van der Waals surface area contributed by atoms with Crippen LogP contribution < -0.4 is 10.6 Å². The topological polar surface area (TPSA) is 50.4 Å². The highest BCUT2D eigenvalue weighted by Crippen LogP contribution is 2.16. The second kappa shape index (κ2) is 8.15. The molecule has 0 saturated carbocycles. The number of benzene rings is 1. The number of ether oxygens (including phenoxy) is 1. The summed E-state index contributed by atoms with van der Waals surface area (Å²) in [7, 11) is 0. The molecule has 0 spiro atoms. The molecule has 21 heavy (non-hydrogen) atoms. The van der Waals surface area contributed by atoms with Gasteiger partial charge in [-0.2, -0.15) is 0 Å². The number of fused-ring (bicyclic) bond motifs is 1. The van der Waals surface area contributed by atoms with Gasteiger partial charge in [0, 0.05) is 19.7 Å². The van der Waals surface area contributed by atoms with Gasteiger partial charge in [0.25, 0.3) is 0 Å². The van der Waals surface area contributed by atoms with Crippen LogP contribution in [0.25, 0.3) is 0 Å². The summed E-state index contributed by atoms with van der Waals surface area (Å²) in [5.41, 5.74) is 2.58. The standard InChI is InChI=1S/C17H26N2O2/c1-13(2)21-10-6-5-9-18-17(20)16-11-14-7-3-4-8-15(14)12-19-16/h3-4,7-8,13,16,19H,5-6,9-12H2,1-2H3,(H,18,20)/t16-/m0/s1. The van der Waals surface area contributed by atoms with Crippen molar-refractivity contribution in [3.05, 3.63) is 35.4 Å². The minimum Gasteiger partial charge on any atom is -0.379 e. The fraction of sp³-hybridized carbons (Fsp3) is 0.588. The number of carbonyl (C=O) groups excluding carboxylic acids is 1. The number of amides is 1. The van der Waals surface area contributed by atoms with Crippen molar-refractivity contribution in [2.24, 2.45) is 0 Å². The van der Waals surface area contributed by atoms with E-state index in [1.54, 1.807) is 0 Å². The Morgan fingerprint density at radius 1 is 1.33 bits per heavy atom. The highest BCUT2D eigenvalue weighted by molar-refractivity contribution is 5.82. The van der Waals surface area contributed by atoms with E-state index in [4.69, 9.17) is 4.74 Å². The highest BCUT2D eigenvalue weighted by atomic mass is 16.5. The second-order valence-electron chi connectivity index (χ2n) is 5.82. The van der Waals surface area contributed by atoms with E-state index in [0.717, 1.165) is 39.0 Å². The van der Waals surface area contributed by atoms with Crippen molar-refractivity contribution in [3.8, 4) is 0 Å². The van der Waals surface area contributed by atoms with Gasteiger partial charge in [-0.1, -0.05) is 24.3 Å². The normalized spacial score (nSPS) is 17.6. The molecular weight excluding hydrogens is 264 g/mol. The van der Waals surface area contributed by atoms with Crippen LogP contribution in [0.4, 0.5) is 0 Å². The molecule has 1 aliphatic heterocycles. The molecule has 0 bridgehead atoms. The van der Waals surface area contributed by atoms with E-state index in [1.165, 1.54) is 11.1 Å². The summed E-state index contributed by atoms with van der Waals surface area (Å²) in [6.45, 7) is 6.34. The van der Waals surface area contributed by atoms with E-state index in [0.29, 0.717) is 0 Å². The molecule has 116 valence electrons. The van der Waals surface area contributed by atoms with Crippen molar-refractivity contribution >= 4 is 5.91 Å². The first-order valence-corrected chi connectivity index (χ1v) is 7.86. The van der Waals surface area contributed by atoms with E-state index in [1.807, 2.05) is 26.0 Å². The van der Waals surface area contributed by atoms with Gasteiger partial charge in [-0.05, 0) is 44.2 Å². The van der Waals surface area contributed by atoms with Crippen LogP contribution in [0.5, 0.6) is 0 Å². The lowest BCUT2D eigenvalue weighted by Crippen LogP contribution is -2.47. The molecule has 0 aliphatic carbocycles. The molecule has 1 atom stereocenters. The fourth-order valence-corrected chi connectivity index (χ4v) is 2.52. The Hall–Kier alpha value is -1.39. The van der Waals surface area contributed by atoms with Gasteiger partial charge in [0.1, 0.15) is 0 Å². The largest absolute Gasteiger partial charge is 0.379 e. The van der Waals surface area contributed by atoms with E-state index >= 15 is 0 Å². The monoisotopic (exact) mass is 290 g/mol. The van der Waals surface area contributed by atoms with Gasteiger partial charge < -0.3 is 15.4 Å². The van der Waals surface area contributed by atoms with E-state index in [-0.39, 0.29) is 18.1 Å². The third-order valence-corrected chi connectivity index (χ3v) is 3.72. The molecule has 0 aromatic heterocycles. The van der Waals surface area contributed by atoms with E-state index in [9.17, 15) is 4.79 Å².